The maximum atomic E-state index is 12.6. The van der Waals surface area contributed by atoms with E-state index < -0.39 is 0 Å². The van der Waals surface area contributed by atoms with Crippen LogP contribution in [0.4, 0.5) is 0 Å². The van der Waals surface area contributed by atoms with Gasteiger partial charge in [-0.1, -0.05) is 31.1 Å². The summed E-state index contributed by atoms with van der Waals surface area (Å²) in [6.45, 7) is 4.39. The van der Waals surface area contributed by atoms with Crippen molar-refractivity contribution in [1.82, 2.24) is 4.90 Å². The molecule has 1 aromatic carbocycles. The van der Waals surface area contributed by atoms with E-state index in [1.807, 2.05) is 35.2 Å². The molecule has 1 saturated carbocycles. The fourth-order valence-electron chi connectivity index (χ4n) is 2.66. The topological polar surface area (TPSA) is 20.3 Å². The Morgan fingerprint density at radius 2 is 1.95 bits per heavy atom. The molecule has 1 aliphatic rings. The van der Waals surface area contributed by atoms with Gasteiger partial charge in [0.2, 0.25) is 0 Å². The molecule has 102 valence electrons. The molecule has 1 fully saturated rings. The molecule has 0 heterocycles. The van der Waals surface area contributed by atoms with Crippen molar-refractivity contribution in [2.75, 3.05) is 6.54 Å². The zero-order valence-electron chi connectivity index (χ0n) is 11.1. The summed E-state index contributed by atoms with van der Waals surface area (Å²) in [7, 11) is 0. The lowest BCUT2D eigenvalue weighted by Crippen LogP contribution is -2.38. The lowest BCUT2D eigenvalue weighted by atomic mass is 10.1. The Morgan fingerprint density at radius 3 is 2.47 bits per heavy atom. The van der Waals surface area contributed by atoms with Crippen molar-refractivity contribution in [3.05, 3.63) is 48.0 Å². The van der Waals surface area contributed by atoms with Gasteiger partial charge >= 0.3 is 0 Å². The summed E-state index contributed by atoms with van der Waals surface area (Å²) < 4.78 is 0. The number of rotatable bonds is 5. The van der Waals surface area contributed by atoms with Gasteiger partial charge in [-0.2, -0.15) is 0 Å². The number of nitrogens with zero attached hydrogens (tertiary/aromatic N) is 1. The van der Waals surface area contributed by atoms with Gasteiger partial charge in [0.25, 0.3) is 5.91 Å². The van der Waals surface area contributed by atoms with Crippen molar-refractivity contribution in [2.45, 2.75) is 37.6 Å². The Morgan fingerprint density at radius 1 is 1.32 bits per heavy atom. The van der Waals surface area contributed by atoms with Gasteiger partial charge in [0.15, 0.2) is 0 Å². The first-order valence-corrected chi connectivity index (χ1v) is 7.36. The van der Waals surface area contributed by atoms with Gasteiger partial charge in [0.1, 0.15) is 0 Å². The number of hydrogen-bond donors (Lipinski definition) is 0. The maximum absolute atomic E-state index is 12.6. The minimum Gasteiger partial charge on any atom is -0.332 e. The molecule has 2 rings (SSSR count). The highest BCUT2D eigenvalue weighted by molar-refractivity contribution is 6.17. The van der Waals surface area contributed by atoms with E-state index in [-0.39, 0.29) is 5.91 Å². The fourth-order valence-corrected chi connectivity index (χ4v) is 2.83. The first kappa shape index (κ1) is 14.1. The molecule has 0 radical (unpaired) electrons. The van der Waals surface area contributed by atoms with Gasteiger partial charge in [-0.15, -0.1) is 18.2 Å². The number of benzene rings is 1. The van der Waals surface area contributed by atoms with Crippen LogP contribution in [-0.4, -0.2) is 23.4 Å². The second-order valence-electron chi connectivity index (χ2n) is 5.02. The molecule has 2 nitrogen and oxygen atoms in total. The van der Waals surface area contributed by atoms with E-state index in [1.165, 1.54) is 12.8 Å². The molecular formula is C16H20ClNO. The van der Waals surface area contributed by atoms with E-state index in [2.05, 4.69) is 6.58 Å². The smallest absolute Gasteiger partial charge is 0.254 e. The molecule has 1 amide bonds. The highest BCUT2D eigenvalue weighted by Crippen LogP contribution is 2.25. The first-order valence-electron chi connectivity index (χ1n) is 6.83. The zero-order valence-corrected chi connectivity index (χ0v) is 11.9. The fraction of sp³-hybridized carbons (Fsp3) is 0.438. The van der Waals surface area contributed by atoms with Gasteiger partial charge in [0.05, 0.1) is 0 Å². The molecule has 0 aliphatic heterocycles. The Hall–Kier alpha value is -1.28. The van der Waals surface area contributed by atoms with Crippen LogP contribution >= 0.6 is 11.6 Å². The van der Waals surface area contributed by atoms with Crippen LogP contribution in [0.25, 0.3) is 0 Å². The van der Waals surface area contributed by atoms with E-state index in [9.17, 15) is 4.79 Å². The molecule has 0 N–H and O–H groups in total. The highest BCUT2D eigenvalue weighted by atomic mass is 35.5. The predicted octanol–water partition coefficient (Wildman–Crippen LogP) is 4.00. The summed E-state index contributed by atoms with van der Waals surface area (Å²) in [5.41, 5.74) is 1.77. The van der Waals surface area contributed by atoms with Gasteiger partial charge in [-0.25, -0.2) is 0 Å². The standard InChI is InChI=1S/C16H20ClNO/c1-2-11-18(15-5-3-4-6-15)16(19)14-9-7-13(12-17)8-10-14/h2,7-10,15H,1,3-6,11-12H2. The zero-order chi connectivity index (χ0) is 13.7. The second-order valence-corrected chi connectivity index (χ2v) is 5.28. The summed E-state index contributed by atoms with van der Waals surface area (Å²) in [6.07, 6.45) is 6.47. The molecular weight excluding hydrogens is 258 g/mol. The van der Waals surface area contributed by atoms with Gasteiger partial charge in [-0.05, 0) is 30.5 Å². The third-order valence-corrected chi connectivity index (χ3v) is 4.02. The Balaban J connectivity index is 2.15. The van der Waals surface area contributed by atoms with Crippen LogP contribution in [0.2, 0.25) is 0 Å². The minimum absolute atomic E-state index is 0.105. The summed E-state index contributed by atoms with van der Waals surface area (Å²) in [5.74, 6) is 0.584. The molecule has 0 atom stereocenters. The van der Waals surface area contributed by atoms with Gasteiger partial charge in [0, 0.05) is 24.0 Å². The van der Waals surface area contributed by atoms with Crippen molar-refractivity contribution in [3.8, 4) is 0 Å². The molecule has 1 aliphatic carbocycles. The predicted molar refractivity (Wildman–Crippen MR) is 79.5 cm³/mol. The number of halogens is 1. The Bertz CT molecular complexity index is 435. The quantitative estimate of drug-likeness (QED) is 0.588. The SMILES string of the molecule is C=CCN(C(=O)c1ccc(CCl)cc1)C1CCCC1. The molecule has 3 heteroatoms. The lowest BCUT2D eigenvalue weighted by molar-refractivity contribution is 0.0706. The van der Waals surface area contributed by atoms with E-state index in [0.717, 1.165) is 24.0 Å². The molecule has 0 unspecified atom stereocenters. The van der Waals surface area contributed by atoms with Crippen LogP contribution in [0.3, 0.4) is 0 Å². The van der Waals surface area contributed by atoms with Crippen molar-refractivity contribution in [3.63, 3.8) is 0 Å². The summed E-state index contributed by atoms with van der Waals surface area (Å²) >= 11 is 5.77. The molecule has 0 bridgehead atoms. The first-order chi connectivity index (χ1) is 9.26. The Labute approximate surface area is 120 Å². The monoisotopic (exact) mass is 277 g/mol. The molecule has 1 aromatic rings. The normalized spacial score (nSPS) is 15.4. The van der Waals surface area contributed by atoms with Crippen LogP contribution in [0, 0.1) is 0 Å². The number of carbonyl (C=O) groups excluding carboxylic acids is 1. The molecule has 19 heavy (non-hydrogen) atoms. The maximum Gasteiger partial charge on any atom is 0.254 e. The number of hydrogen-bond acceptors (Lipinski definition) is 1. The highest BCUT2D eigenvalue weighted by Gasteiger charge is 2.26. The van der Waals surface area contributed by atoms with E-state index in [1.54, 1.807) is 0 Å². The van der Waals surface area contributed by atoms with Crippen LogP contribution < -0.4 is 0 Å². The second kappa shape index (κ2) is 6.76. The van der Waals surface area contributed by atoms with Crippen molar-refractivity contribution in [1.29, 1.82) is 0 Å². The van der Waals surface area contributed by atoms with Crippen LogP contribution in [0.5, 0.6) is 0 Å². The summed E-state index contributed by atoms with van der Waals surface area (Å²) in [4.78, 5) is 14.5. The summed E-state index contributed by atoms with van der Waals surface area (Å²) in [5, 5.41) is 0. The molecule has 0 aromatic heterocycles. The summed E-state index contributed by atoms with van der Waals surface area (Å²) in [6, 6.07) is 7.94. The molecule has 0 spiro atoms. The van der Waals surface area contributed by atoms with Gasteiger partial charge in [-0.3, -0.25) is 4.79 Å². The molecule has 0 saturated heterocycles. The largest absolute Gasteiger partial charge is 0.332 e. The number of alkyl halides is 1. The van der Waals surface area contributed by atoms with E-state index in [4.69, 9.17) is 11.6 Å². The van der Waals surface area contributed by atoms with Crippen LogP contribution in [-0.2, 0) is 5.88 Å². The van der Waals surface area contributed by atoms with Crippen LogP contribution in [0.15, 0.2) is 36.9 Å². The third-order valence-electron chi connectivity index (χ3n) is 3.71. The lowest BCUT2D eigenvalue weighted by Gasteiger charge is -2.28. The van der Waals surface area contributed by atoms with E-state index in [0.29, 0.717) is 18.5 Å². The third kappa shape index (κ3) is 3.38. The minimum atomic E-state index is 0.105. The average Bonchev–Trinajstić information content (AvgIpc) is 2.98. The van der Waals surface area contributed by atoms with E-state index >= 15 is 0 Å². The number of carbonyl (C=O) groups is 1. The van der Waals surface area contributed by atoms with Crippen molar-refractivity contribution >= 4 is 17.5 Å². The van der Waals surface area contributed by atoms with Gasteiger partial charge < -0.3 is 4.90 Å². The Kier molecular flexibility index (Phi) is 5.03. The van der Waals surface area contributed by atoms with Crippen molar-refractivity contribution in [2.24, 2.45) is 0 Å². The van der Waals surface area contributed by atoms with Crippen LogP contribution in [0.1, 0.15) is 41.6 Å². The number of amides is 1. The van der Waals surface area contributed by atoms with Crippen molar-refractivity contribution < 1.29 is 4.79 Å². The average molecular weight is 278 g/mol.